The van der Waals surface area contributed by atoms with E-state index in [1.807, 2.05) is 0 Å². The highest BCUT2D eigenvalue weighted by atomic mass is 16.4. The van der Waals surface area contributed by atoms with Crippen molar-refractivity contribution in [1.82, 2.24) is 16.0 Å². The SMILES string of the molecule is CCC(C)C(NC(=O)C(CCC(=O)O)NC(=O)C(CC(N)=O)NC(=O)C(N)CC(N)=O)C(=O)O. The van der Waals surface area contributed by atoms with Crippen LogP contribution >= 0.6 is 0 Å². The fraction of sp³-hybridized carbons (Fsp3) is 0.632. The van der Waals surface area contributed by atoms with Gasteiger partial charge in [0.05, 0.1) is 18.9 Å². The van der Waals surface area contributed by atoms with Crippen LogP contribution in [0.1, 0.15) is 46.0 Å². The molecule has 0 fully saturated rings. The molecule has 0 aromatic rings. The van der Waals surface area contributed by atoms with Crippen molar-refractivity contribution in [2.75, 3.05) is 0 Å². The van der Waals surface area contributed by atoms with E-state index in [9.17, 15) is 38.7 Å². The summed E-state index contributed by atoms with van der Waals surface area (Å²) in [5, 5.41) is 24.9. The molecule has 0 aliphatic rings. The minimum atomic E-state index is -1.62. The van der Waals surface area contributed by atoms with Gasteiger partial charge in [0.15, 0.2) is 0 Å². The van der Waals surface area contributed by atoms with Crippen molar-refractivity contribution in [2.45, 2.75) is 70.1 Å². The first-order valence-corrected chi connectivity index (χ1v) is 10.4. The van der Waals surface area contributed by atoms with Gasteiger partial charge in [0.25, 0.3) is 0 Å². The minimum absolute atomic E-state index is 0.404. The number of hydrogen-bond donors (Lipinski definition) is 8. The number of amides is 5. The third kappa shape index (κ3) is 11.2. The minimum Gasteiger partial charge on any atom is -0.481 e. The first-order chi connectivity index (χ1) is 15.7. The van der Waals surface area contributed by atoms with Gasteiger partial charge in [0, 0.05) is 6.42 Å². The summed E-state index contributed by atoms with van der Waals surface area (Å²) in [6.07, 6.45) is -1.83. The lowest BCUT2D eigenvalue weighted by molar-refractivity contribution is -0.144. The summed E-state index contributed by atoms with van der Waals surface area (Å²) in [5.74, 6) is -8.05. The van der Waals surface area contributed by atoms with Gasteiger partial charge in [-0.1, -0.05) is 20.3 Å². The van der Waals surface area contributed by atoms with Gasteiger partial charge in [0.2, 0.25) is 29.5 Å². The maximum atomic E-state index is 12.7. The summed E-state index contributed by atoms with van der Waals surface area (Å²) in [5.41, 5.74) is 15.6. The number of carbonyl (C=O) groups is 7. The van der Waals surface area contributed by atoms with Crippen LogP contribution in [0.25, 0.3) is 0 Å². The summed E-state index contributed by atoms with van der Waals surface area (Å²) in [7, 11) is 0. The molecule has 0 aromatic heterocycles. The van der Waals surface area contributed by atoms with Crippen LogP contribution in [0.2, 0.25) is 0 Å². The topological polar surface area (TPSA) is 274 Å². The maximum absolute atomic E-state index is 12.7. The predicted molar refractivity (Wildman–Crippen MR) is 115 cm³/mol. The summed E-state index contributed by atoms with van der Waals surface area (Å²) < 4.78 is 0. The van der Waals surface area contributed by atoms with Crippen LogP contribution in [0, 0.1) is 5.92 Å². The van der Waals surface area contributed by atoms with Gasteiger partial charge in [-0.15, -0.1) is 0 Å². The van der Waals surface area contributed by atoms with E-state index in [0.717, 1.165) is 0 Å². The Kier molecular flexibility index (Phi) is 12.8. The Morgan fingerprint density at radius 1 is 0.794 bits per heavy atom. The van der Waals surface area contributed by atoms with Gasteiger partial charge in [-0.25, -0.2) is 4.79 Å². The average Bonchev–Trinajstić information content (AvgIpc) is 2.72. The quantitative estimate of drug-likeness (QED) is 0.106. The molecule has 11 N–H and O–H groups in total. The van der Waals surface area contributed by atoms with E-state index in [1.165, 1.54) is 0 Å². The molecule has 0 aliphatic carbocycles. The first kappa shape index (κ1) is 30.2. The van der Waals surface area contributed by atoms with Gasteiger partial charge in [-0.2, -0.15) is 0 Å². The Bertz CT molecular complexity index is 803. The van der Waals surface area contributed by atoms with Crippen molar-refractivity contribution in [3.63, 3.8) is 0 Å². The molecule has 15 heteroatoms. The van der Waals surface area contributed by atoms with Crippen LogP contribution in [-0.2, 0) is 33.6 Å². The molecular formula is C19H32N6O9. The zero-order chi connectivity index (χ0) is 26.6. The summed E-state index contributed by atoms with van der Waals surface area (Å²) >= 11 is 0. The molecule has 0 radical (unpaired) electrons. The lowest BCUT2D eigenvalue weighted by atomic mass is 9.98. The van der Waals surface area contributed by atoms with Crippen LogP contribution < -0.4 is 33.2 Å². The van der Waals surface area contributed by atoms with Crippen molar-refractivity contribution in [1.29, 1.82) is 0 Å². The summed E-state index contributed by atoms with van der Waals surface area (Å²) in [4.78, 5) is 82.3. The molecule has 5 amide bonds. The molecule has 15 nitrogen and oxygen atoms in total. The Hall–Kier alpha value is -3.75. The fourth-order valence-electron chi connectivity index (χ4n) is 2.74. The molecule has 0 aliphatic heterocycles. The molecule has 0 aromatic carbocycles. The van der Waals surface area contributed by atoms with Crippen LogP contribution in [0.5, 0.6) is 0 Å². The molecule has 0 rings (SSSR count). The molecule has 0 bridgehead atoms. The largest absolute Gasteiger partial charge is 0.481 e. The number of aliphatic carboxylic acids is 2. The molecule has 0 spiro atoms. The van der Waals surface area contributed by atoms with E-state index in [4.69, 9.17) is 22.3 Å². The standard InChI is InChI=1S/C19H32N6O9/c1-3-8(2)15(19(33)34)25-17(31)10(4-5-14(28)29)23-18(32)11(7-13(22)27)24-16(30)9(20)6-12(21)26/h8-11,15H,3-7,20H2,1-2H3,(H2,21,26)(H2,22,27)(H,23,32)(H,24,30)(H,25,31)(H,28,29)(H,33,34). The van der Waals surface area contributed by atoms with E-state index in [2.05, 4.69) is 16.0 Å². The van der Waals surface area contributed by atoms with Crippen molar-refractivity contribution >= 4 is 41.5 Å². The normalized spacial score (nSPS) is 15.0. The van der Waals surface area contributed by atoms with Crippen LogP contribution in [-0.4, -0.2) is 75.9 Å². The van der Waals surface area contributed by atoms with E-state index in [0.29, 0.717) is 6.42 Å². The van der Waals surface area contributed by atoms with Crippen LogP contribution in [0.15, 0.2) is 0 Å². The lowest BCUT2D eigenvalue weighted by Crippen LogP contribution is -2.58. The molecular weight excluding hydrogens is 456 g/mol. The second-order valence-corrected chi connectivity index (χ2v) is 7.71. The lowest BCUT2D eigenvalue weighted by Gasteiger charge is -2.26. The number of rotatable bonds is 16. The van der Waals surface area contributed by atoms with Gasteiger partial charge in [-0.3, -0.25) is 28.8 Å². The molecule has 192 valence electrons. The van der Waals surface area contributed by atoms with E-state index in [-0.39, 0.29) is 0 Å². The van der Waals surface area contributed by atoms with E-state index >= 15 is 0 Å². The van der Waals surface area contributed by atoms with Crippen molar-refractivity contribution in [3.05, 3.63) is 0 Å². The third-order valence-corrected chi connectivity index (χ3v) is 4.85. The summed E-state index contributed by atoms with van der Waals surface area (Å²) in [6, 6.07) is -5.87. The highest BCUT2D eigenvalue weighted by Crippen LogP contribution is 2.09. The van der Waals surface area contributed by atoms with Gasteiger partial charge in [0.1, 0.15) is 18.1 Å². The molecule has 0 saturated heterocycles. The highest BCUT2D eigenvalue weighted by Gasteiger charge is 2.32. The second-order valence-electron chi connectivity index (χ2n) is 7.71. The second kappa shape index (κ2) is 14.4. The van der Waals surface area contributed by atoms with Crippen molar-refractivity contribution < 1.29 is 43.8 Å². The Morgan fingerprint density at radius 3 is 1.74 bits per heavy atom. The van der Waals surface area contributed by atoms with E-state index in [1.54, 1.807) is 13.8 Å². The Balaban J connectivity index is 5.65. The number of hydrogen-bond acceptors (Lipinski definition) is 8. The zero-order valence-corrected chi connectivity index (χ0v) is 18.9. The smallest absolute Gasteiger partial charge is 0.326 e. The van der Waals surface area contributed by atoms with E-state index < -0.39 is 97.2 Å². The fourth-order valence-corrected chi connectivity index (χ4v) is 2.74. The number of carboxylic acid groups (broad SMARTS) is 2. The first-order valence-electron chi connectivity index (χ1n) is 10.4. The Morgan fingerprint density at radius 2 is 1.29 bits per heavy atom. The average molecular weight is 488 g/mol. The molecule has 0 heterocycles. The maximum Gasteiger partial charge on any atom is 0.326 e. The number of carbonyl (C=O) groups excluding carboxylic acids is 5. The predicted octanol–water partition coefficient (Wildman–Crippen LogP) is -3.49. The van der Waals surface area contributed by atoms with Gasteiger partial charge < -0.3 is 43.4 Å². The van der Waals surface area contributed by atoms with Crippen LogP contribution in [0.3, 0.4) is 0 Å². The monoisotopic (exact) mass is 488 g/mol. The number of primary amides is 2. The van der Waals surface area contributed by atoms with Gasteiger partial charge in [-0.05, 0) is 12.3 Å². The number of carboxylic acids is 2. The number of nitrogens with one attached hydrogen (secondary N) is 3. The Labute approximate surface area is 195 Å². The zero-order valence-electron chi connectivity index (χ0n) is 18.9. The molecule has 34 heavy (non-hydrogen) atoms. The number of nitrogens with two attached hydrogens (primary N) is 3. The van der Waals surface area contributed by atoms with Crippen molar-refractivity contribution in [3.8, 4) is 0 Å². The van der Waals surface area contributed by atoms with Gasteiger partial charge >= 0.3 is 11.9 Å². The highest BCUT2D eigenvalue weighted by molar-refractivity contribution is 5.97. The molecule has 0 saturated carbocycles. The van der Waals surface area contributed by atoms with Crippen LogP contribution in [0.4, 0.5) is 0 Å². The third-order valence-electron chi connectivity index (χ3n) is 4.85. The molecule has 5 unspecified atom stereocenters. The molecule has 5 atom stereocenters. The van der Waals surface area contributed by atoms with Crippen molar-refractivity contribution in [2.24, 2.45) is 23.1 Å². The summed E-state index contributed by atoms with van der Waals surface area (Å²) in [6.45, 7) is 3.29.